The van der Waals surface area contributed by atoms with Gasteiger partial charge in [0.2, 0.25) is 0 Å². The molecule has 0 aliphatic carbocycles. The fourth-order valence-corrected chi connectivity index (χ4v) is 2.47. The van der Waals surface area contributed by atoms with Crippen LogP contribution in [0.3, 0.4) is 0 Å². The first-order valence-corrected chi connectivity index (χ1v) is 10.5. The molecule has 0 spiro atoms. The summed E-state index contributed by atoms with van der Waals surface area (Å²) in [5, 5.41) is 9.98. The molecule has 30 heavy (non-hydrogen) atoms. The maximum atomic E-state index is 9.98. The first-order chi connectivity index (χ1) is 14.3. The van der Waals surface area contributed by atoms with Gasteiger partial charge in [0.05, 0.1) is 6.10 Å². The maximum absolute atomic E-state index is 9.98. The maximum Gasteiger partial charge on any atom is 0.122 e. The third-order valence-corrected chi connectivity index (χ3v) is 4.24. The zero-order valence-electron chi connectivity index (χ0n) is 18.9. The van der Waals surface area contributed by atoms with Gasteiger partial charge in [-0.1, -0.05) is 119 Å². The highest BCUT2D eigenvalue weighted by Gasteiger charge is 2.19. The summed E-state index contributed by atoms with van der Waals surface area (Å²) in [5.41, 5.74) is 2.46. The molecule has 0 unspecified atom stereocenters. The van der Waals surface area contributed by atoms with E-state index in [1.165, 1.54) is 11.1 Å². The van der Waals surface area contributed by atoms with E-state index >= 15 is 0 Å². The quantitative estimate of drug-likeness (QED) is 0.298. The number of hydrogen-bond donors (Lipinski definition) is 1. The van der Waals surface area contributed by atoms with Crippen molar-refractivity contribution in [2.24, 2.45) is 17.8 Å². The average Bonchev–Trinajstić information content (AvgIpc) is 2.77. The van der Waals surface area contributed by atoms with Gasteiger partial charge in [-0.15, -0.1) is 6.58 Å². The predicted octanol–water partition coefficient (Wildman–Crippen LogP) is 6.78. The van der Waals surface area contributed by atoms with Crippen LogP contribution in [0, 0.1) is 17.8 Å². The van der Waals surface area contributed by atoms with Crippen molar-refractivity contribution in [3.8, 4) is 0 Å². The van der Waals surface area contributed by atoms with Crippen LogP contribution in [-0.2, 0) is 11.2 Å². The highest BCUT2D eigenvalue weighted by Crippen LogP contribution is 2.18. The number of aliphatic hydroxyl groups is 1. The van der Waals surface area contributed by atoms with Gasteiger partial charge < -0.3 is 9.90 Å². The molecule has 1 N–H and O–H groups in total. The smallest absolute Gasteiger partial charge is 0.122 e. The Morgan fingerprint density at radius 1 is 0.900 bits per heavy atom. The minimum Gasteiger partial charge on any atom is -0.392 e. The number of aldehydes is 1. The van der Waals surface area contributed by atoms with E-state index in [9.17, 15) is 9.90 Å². The summed E-state index contributed by atoms with van der Waals surface area (Å²) >= 11 is 0. The lowest BCUT2D eigenvalue weighted by Gasteiger charge is -2.22. The molecule has 0 aliphatic rings. The Hall–Kier alpha value is -2.71. The number of carbonyl (C=O) groups is 1. The molecule has 2 atom stereocenters. The summed E-state index contributed by atoms with van der Waals surface area (Å²) in [5.74, 6) is 0.624. The zero-order chi connectivity index (χ0) is 22.8. The fraction of sp³-hybridized carbons (Fsp3) is 0.321. The van der Waals surface area contributed by atoms with Crippen LogP contribution in [0.25, 0.3) is 6.08 Å². The van der Waals surface area contributed by atoms with Gasteiger partial charge in [-0.2, -0.15) is 0 Å². The molecule has 0 bridgehead atoms. The molecule has 2 nitrogen and oxygen atoms in total. The van der Waals surface area contributed by atoms with Crippen molar-refractivity contribution < 1.29 is 9.90 Å². The number of aliphatic hydroxyl groups excluding tert-OH is 1. The average molecular weight is 407 g/mol. The van der Waals surface area contributed by atoms with E-state index in [1.54, 1.807) is 6.08 Å². The third kappa shape index (κ3) is 13.5. The Labute approximate surface area is 183 Å². The predicted molar refractivity (Wildman–Crippen MR) is 131 cm³/mol. The second kappa shape index (κ2) is 17.2. The van der Waals surface area contributed by atoms with Crippen molar-refractivity contribution in [3.05, 3.63) is 103 Å². The lowest BCUT2D eigenvalue weighted by molar-refractivity contribution is -0.110. The van der Waals surface area contributed by atoms with Gasteiger partial charge in [0.15, 0.2) is 0 Å². The molecule has 0 amide bonds. The molecule has 0 radical (unpaired) electrons. The minimum absolute atomic E-state index is 0.146. The molecule has 0 aromatic heterocycles. The number of allylic oxidation sites excluding steroid dienone is 2. The van der Waals surface area contributed by atoms with E-state index in [0.29, 0.717) is 0 Å². The van der Waals surface area contributed by atoms with Crippen LogP contribution in [0.15, 0.2) is 92.0 Å². The highest BCUT2D eigenvalue weighted by molar-refractivity contribution is 5.51. The van der Waals surface area contributed by atoms with E-state index in [-0.39, 0.29) is 23.9 Å². The van der Waals surface area contributed by atoms with Crippen molar-refractivity contribution in [3.63, 3.8) is 0 Å². The lowest BCUT2D eigenvalue weighted by atomic mass is 9.88. The van der Waals surface area contributed by atoms with Gasteiger partial charge in [-0.25, -0.2) is 0 Å². The first kappa shape index (κ1) is 27.3. The Morgan fingerprint density at radius 2 is 1.40 bits per heavy atom. The van der Waals surface area contributed by atoms with Crippen LogP contribution < -0.4 is 0 Å². The largest absolute Gasteiger partial charge is 0.392 e. The highest BCUT2D eigenvalue weighted by atomic mass is 16.3. The van der Waals surface area contributed by atoms with Crippen LogP contribution in [0.1, 0.15) is 38.8 Å². The molecular weight excluding hydrogens is 368 g/mol. The van der Waals surface area contributed by atoms with Gasteiger partial charge in [0, 0.05) is 11.8 Å². The lowest BCUT2D eigenvalue weighted by Crippen LogP contribution is -2.26. The zero-order valence-corrected chi connectivity index (χ0v) is 18.9. The number of rotatable bonds is 8. The van der Waals surface area contributed by atoms with Gasteiger partial charge in [-0.3, -0.25) is 0 Å². The molecule has 0 fully saturated rings. The second-order valence-electron chi connectivity index (χ2n) is 7.71. The molecule has 2 aromatic carbocycles. The topological polar surface area (TPSA) is 37.3 Å². The number of hydrogen-bond acceptors (Lipinski definition) is 2. The van der Waals surface area contributed by atoms with Crippen molar-refractivity contribution in [2.45, 2.75) is 40.2 Å². The van der Waals surface area contributed by atoms with Gasteiger partial charge in [-0.05, 0) is 23.5 Å². The summed E-state index contributed by atoms with van der Waals surface area (Å²) in [6, 6.07) is 20.4. The van der Waals surface area contributed by atoms with E-state index in [1.807, 2.05) is 82.3 Å². The van der Waals surface area contributed by atoms with Crippen molar-refractivity contribution in [1.29, 1.82) is 0 Å². The number of carbonyl (C=O) groups excluding carboxylic acids is 1. The van der Waals surface area contributed by atoms with Crippen molar-refractivity contribution >= 4 is 12.4 Å². The molecule has 2 rings (SSSR count). The van der Waals surface area contributed by atoms with Crippen LogP contribution >= 0.6 is 0 Å². The van der Waals surface area contributed by atoms with Crippen LogP contribution in [-0.4, -0.2) is 17.5 Å². The SMILES string of the molecule is C=C/C=C/c1ccccc1.C=C[C@H](Cc1ccccc1)[C@@H](O)C(C)C.CC(C)C=O. The van der Waals surface area contributed by atoms with Gasteiger partial charge in [0.25, 0.3) is 0 Å². The Morgan fingerprint density at radius 3 is 1.80 bits per heavy atom. The molecule has 2 heteroatoms. The Bertz CT molecular complexity index is 715. The molecule has 162 valence electrons. The van der Waals surface area contributed by atoms with Crippen LogP contribution in [0.4, 0.5) is 0 Å². The monoisotopic (exact) mass is 406 g/mol. The van der Waals surface area contributed by atoms with E-state index in [2.05, 4.69) is 37.4 Å². The molecular formula is C28H38O2. The fourth-order valence-electron chi connectivity index (χ4n) is 2.47. The summed E-state index contributed by atoms with van der Waals surface area (Å²) in [7, 11) is 0. The Balaban J connectivity index is 0.000000481. The number of benzene rings is 2. The van der Waals surface area contributed by atoms with E-state index < -0.39 is 0 Å². The third-order valence-electron chi connectivity index (χ3n) is 4.24. The van der Waals surface area contributed by atoms with Crippen molar-refractivity contribution in [1.82, 2.24) is 0 Å². The molecule has 0 heterocycles. The standard InChI is InChI=1S/C14H20O.C10H10.C4H8O/c1-4-13(14(15)11(2)3)10-12-8-6-5-7-9-12;1-2-3-7-10-8-5-4-6-9-10;1-4(2)3-5/h4-9,11,13-15H,1,10H2,2-3H3;2-9H,1H2;3-4H,1-2H3/b;7-3+;/t13-,14+;;/m1../s1. The Kier molecular flexibility index (Phi) is 15.6. The summed E-state index contributed by atoms with van der Waals surface area (Å²) in [4.78, 5) is 9.50. The molecule has 0 saturated heterocycles. The van der Waals surface area contributed by atoms with Gasteiger partial charge >= 0.3 is 0 Å². The van der Waals surface area contributed by atoms with Gasteiger partial charge in [0.1, 0.15) is 6.29 Å². The normalized spacial score (nSPS) is 12.2. The van der Waals surface area contributed by atoms with Crippen LogP contribution in [0.2, 0.25) is 0 Å². The molecule has 0 aliphatic heterocycles. The second-order valence-corrected chi connectivity index (χ2v) is 7.71. The van der Waals surface area contributed by atoms with Crippen molar-refractivity contribution in [2.75, 3.05) is 0 Å². The summed E-state index contributed by atoms with van der Waals surface area (Å²) in [6.45, 7) is 15.2. The first-order valence-electron chi connectivity index (χ1n) is 10.5. The van der Waals surface area contributed by atoms with Crippen LogP contribution in [0.5, 0.6) is 0 Å². The summed E-state index contributed by atoms with van der Waals surface area (Å²) in [6.07, 6.45) is 9.05. The van der Waals surface area contributed by atoms with E-state index in [4.69, 9.17) is 0 Å². The molecule has 2 aromatic rings. The molecule has 0 saturated carbocycles. The summed E-state index contributed by atoms with van der Waals surface area (Å²) < 4.78 is 0. The minimum atomic E-state index is -0.303. The van der Waals surface area contributed by atoms with E-state index in [0.717, 1.165) is 12.7 Å².